The zero-order chi connectivity index (χ0) is 15.8. The molecule has 114 valence electrons. The Kier molecular flexibility index (Phi) is 7.02. The summed E-state index contributed by atoms with van der Waals surface area (Å²) < 4.78 is 0. The van der Waals surface area contributed by atoms with Crippen LogP contribution in [0.3, 0.4) is 0 Å². The maximum atomic E-state index is 11.9. The van der Waals surface area contributed by atoms with E-state index in [-0.39, 0.29) is 24.4 Å². The van der Waals surface area contributed by atoms with E-state index < -0.39 is 0 Å². The second kappa shape index (κ2) is 8.52. The van der Waals surface area contributed by atoms with E-state index in [1.54, 1.807) is 18.8 Å². The molecule has 0 spiro atoms. The lowest BCUT2D eigenvalue weighted by Gasteiger charge is -2.18. The van der Waals surface area contributed by atoms with Gasteiger partial charge in [0.2, 0.25) is 11.8 Å². The van der Waals surface area contributed by atoms with Crippen molar-refractivity contribution in [3.63, 3.8) is 0 Å². The normalized spacial score (nSPS) is 11.6. The number of amides is 2. The van der Waals surface area contributed by atoms with Crippen molar-refractivity contribution < 1.29 is 9.59 Å². The number of benzene rings is 1. The summed E-state index contributed by atoms with van der Waals surface area (Å²) in [5.41, 5.74) is 1.04. The summed E-state index contributed by atoms with van der Waals surface area (Å²) in [6.45, 7) is 7.46. The Hall–Kier alpha value is -1.75. The van der Waals surface area contributed by atoms with Crippen LogP contribution in [0.1, 0.15) is 25.5 Å². The molecule has 0 bridgehead atoms. The quantitative estimate of drug-likeness (QED) is 0.622. The maximum Gasteiger partial charge on any atom is 0.246 e. The Labute approximate surface area is 130 Å². The fourth-order valence-corrected chi connectivity index (χ4v) is 2.50. The predicted molar refractivity (Wildman–Crippen MR) is 87.2 cm³/mol. The Balaban J connectivity index is 2.55. The average molecular weight is 306 g/mol. The molecular weight excluding hydrogens is 284 g/mol. The van der Waals surface area contributed by atoms with E-state index in [1.165, 1.54) is 15.9 Å². The van der Waals surface area contributed by atoms with Crippen LogP contribution in [0.2, 0.25) is 0 Å². The molecule has 0 radical (unpaired) electrons. The largest absolute Gasteiger partial charge is 0.348 e. The zero-order valence-corrected chi connectivity index (χ0v) is 13.6. The molecule has 21 heavy (non-hydrogen) atoms. The standard InChI is InChI=1S/C16H22N2O2S/c1-5-16(20)18(4)11-15(19)17-12(3)13-7-9-14(10-8-13)21-6-2/h5,7-10,12H,1,6,11H2,2-4H3,(H,17,19). The minimum atomic E-state index is -0.265. The molecule has 1 N–H and O–H groups in total. The first-order chi connectivity index (χ1) is 9.97. The molecule has 1 unspecified atom stereocenters. The van der Waals surface area contributed by atoms with Crippen LogP contribution in [0, 0.1) is 0 Å². The minimum absolute atomic E-state index is 0.0267. The third kappa shape index (κ3) is 5.63. The first-order valence-electron chi connectivity index (χ1n) is 6.87. The number of hydrogen-bond acceptors (Lipinski definition) is 3. The lowest BCUT2D eigenvalue weighted by molar-refractivity contribution is -0.131. The highest BCUT2D eigenvalue weighted by molar-refractivity contribution is 7.99. The van der Waals surface area contributed by atoms with Gasteiger partial charge in [-0.15, -0.1) is 11.8 Å². The van der Waals surface area contributed by atoms with Gasteiger partial charge in [0.1, 0.15) is 0 Å². The topological polar surface area (TPSA) is 49.4 Å². The van der Waals surface area contributed by atoms with Crippen LogP contribution in [0.5, 0.6) is 0 Å². The third-order valence-electron chi connectivity index (χ3n) is 3.00. The summed E-state index contributed by atoms with van der Waals surface area (Å²) in [6.07, 6.45) is 1.20. The average Bonchev–Trinajstić information content (AvgIpc) is 2.47. The van der Waals surface area contributed by atoms with Gasteiger partial charge < -0.3 is 10.2 Å². The first kappa shape index (κ1) is 17.3. The summed E-state index contributed by atoms with van der Waals surface area (Å²) >= 11 is 1.78. The van der Waals surface area contributed by atoms with Gasteiger partial charge in [-0.05, 0) is 36.4 Å². The Morgan fingerprint density at radius 3 is 2.52 bits per heavy atom. The van der Waals surface area contributed by atoms with Crippen LogP contribution < -0.4 is 5.32 Å². The molecule has 0 saturated carbocycles. The van der Waals surface area contributed by atoms with Gasteiger partial charge in [0.15, 0.2) is 0 Å². The molecule has 1 rings (SSSR count). The van der Waals surface area contributed by atoms with Gasteiger partial charge in [0.05, 0.1) is 12.6 Å². The fourth-order valence-electron chi connectivity index (χ4n) is 1.84. The fraction of sp³-hybridized carbons (Fsp3) is 0.375. The van der Waals surface area contributed by atoms with Gasteiger partial charge in [-0.2, -0.15) is 0 Å². The molecule has 5 heteroatoms. The van der Waals surface area contributed by atoms with Crippen LogP contribution in [0.4, 0.5) is 0 Å². The smallest absolute Gasteiger partial charge is 0.246 e. The Morgan fingerprint density at radius 2 is 2.00 bits per heavy atom. The Bertz CT molecular complexity index is 500. The van der Waals surface area contributed by atoms with E-state index in [2.05, 4.69) is 31.0 Å². The van der Waals surface area contributed by atoms with Crippen molar-refractivity contribution in [1.29, 1.82) is 0 Å². The van der Waals surface area contributed by atoms with Crippen LogP contribution in [0.25, 0.3) is 0 Å². The number of carbonyl (C=O) groups is 2. The number of nitrogens with zero attached hydrogens (tertiary/aromatic N) is 1. The van der Waals surface area contributed by atoms with Crippen molar-refractivity contribution in [1.82, 2.24) is 10.2 Å². The second-order valence-electron chi connectivity index (χ2n) is 4.69. The molecule has 2 amide bonds. The number of likely N-dealkylation sites (N-methyl/N-ethyl adjacent to an activating group) is 1. The second-order valence-corrected chi connectivity index (χ2v) is 6.03. The van der Waals surface area contributed by atoms with E-state index in [0.717, 1.165) is 11.3 Å². The molecule has 0 saturated heterocycles. The van der Waals surface area contributed by atoms with Gasteiger partial charge in [-0.1, -0.05) is 25.6 Å². The van der Waals surface area contributed by atoms with Crippen LogP contribution in [-0.2, 0) is 9.59 Å². The molecule has 0 aliphatic rings. The zero-order valence-electron chi connectivity index (χ0n) is 12.8. The molecule has 0 aliphatic carbocycles. The SMILES string of the molecule is C=CC(=O)N(C)CC(=O)NC(C)c1ccc(SCC)cc1. The summed E-state index contributed by atoms with van der Waals surface area (Å²) in [6, 6.07) is 8.05. The molecule has 1 aromatic carbocycles. The Morgan fingerprint density at radius 1 is 1.38 bits per heavy atom. The number of hydrogen-bond donors (Lipinski definition) is 1. The number of thioether (sulfide) groups is 1. The van der Waals surface area contributed by atoms with E-state index >= 15 is 0 Å². The monoisotopic (exact) mass is 306 g/mol. The summed E-state index contributed by atoms with van der Waals surface area (Å²) in [4.78, 5) is 25.8. The van der Waals surface area contributed by atoms with Gasteiger partial charge in [-0.3, -0.25) is 9.59 Å². The van der Waals surface area contributed by atoms with Crippen molar-refractivity contribution in [2.45, 2.75) is 24.8 Å². The number of nitrogens with one attached hydrogen (secondary N) is 1. The number of carbonyl (C=O) groups excluding carboxylic acids is 2. The van der Waals surface area contributed by atoms with Gasteiger partial charge >= 0.3 is 0 Å². The maximum absolute atomic E-state index is 11.9. The summed E-state index contributed by atoms with van der Waals surface area (Å²) in [7, 11) is 1.57. The number of rotatable bonds is 7. The van der Waals surface area contributed by atoms with Crippen LogP contribution >= 0.6 is 11.8 Å². The van der Waals surface area contributed by atoms with E-state index in [1.807, 2.05) is 19.1 Å². The molecule has 0 aromatic heterocycles. The molecule has 4 nitrogen and oxygen atoms in total. The van der Waals surface area contributed by atoms with Gasteiger partial charge in [-0.25, -0.2) is 0 Å². The molecular formula is C16H22N2O2S. The molecule has 0 heterocycles. The van der Waals surface area contributed by atoms with Crippen molar-refractivity contribution >= 4 is 23.6 Å². The van der Waals surface area contributed by atoms with Gasteiger partial charge in [0, 0.05) is 11.9 Å². The first-order valence-corrected chi connectivity index (χ1v) is 7.86. The molecule has 1 atom stereocenters. The predicted octanol–water partition coefficient (Wildman–Crippen LogP) is 2.62. The highest BCUT2D eigenvalue weighted by atomic mass is 32.2. The van der Waals surface area contributed by atoms with E-state index in [9.17, 15) is 9.59 Å². The molecule has 1 aromatic rings. The molecule has 0 fully saturated rings. The lowest BCUT2D eigenvalue weighted by atomic mass is 10.1. The highest BCUT2D eigenvalue weighted by Gasteiger charge is 2.13. The third-order valence-corrected chi connectivity index (χ3v) is 3.89. The van der Waals surface area contributed by atoms with Crippen molar-refractivity contribution in [2.24, 2.45) is 0 Å². The van der Waals surface area contributed by atoms with Gasteiger partial charge in [0.25, 0.3) is 0 Å². The van der Waals surface area contributed by atoms with E-state index in [0.29, 0.717) is 0 Å². The van der Waals surface area contributed by atoms with Crippen molar-refractivity contribution in [2.75, 3.05) is 19.3 Å². The van der Waals surface area contributed by atoms with Crippen molar-refractivity contribution in [3.05, 3.63) is 42.5 Å². The highest BCUT2D eigenvalue weighted by Crippen LogP contribution is 2.20. The molecule has 0 aliphatic heterocycles. The van der Waals surface area contributed by atoms with Crippen LogP contribution in [-0.4, -0.2) is 36.1 Å². The van der Waals surface area contributed by atoms with Crippen molar-refractivity contribution in [3.8, 4) is 0 Å². The summed E-state index contributed by atoms with van der Waals surface area (Å²) in [5, 5.41) is 2.88. The minimum Gasteiger partial charge on any atom is -0.348 e. The van der Waals surface area contributed by atoms with Crippen LogP contribution in [0.15, 0.2) is 41.8 Å². The lowest BCUT2D eigenvalue weighted by Crippen LogP contribution is -2.38. The van der Waals surface area contributed by atoms with E-state index in [4.69, 9.17) is 0 Å². The summed E-state index contributed by atoms with van der Waals surface area (Å²) in [5.74, 6) is 0.584.